The lowest BCUT2D eigenvalue weighted by atomic mass is 10.1. The maximum atomic E-state index is 10.0. The number of aromatic nitrogens is 3. The average molecular weight is 456 g/mol. The molecule has 33 heavy (non-hydrogen) atoms. The lowest BCUT2D eigenvalue weighted by molar-refractivity contribution is 0.108. The Kier molecular flexibility index (Phi) is 7.32. The van der Waals surface area contributed by atoms with Crippen LogP contribution in [0.15, 0.2) is 30.5 Å². The first kappa shape index (κ1) is 23.3. The fourth-order valence-corrected chi connectivity index (χ4v) is 3.90. The van der Waals surface area contributed by atoms with Crippen molar-refractivity contribution in [2.24, 2.45) is 0 Å². The summed E-state index contributed by atoms with van der Waals surface area (Å²) in [5.41, 5.74) is 3.54. The number of methoxy groups -OCH3 is 1. The molecular formula is C24H33N5O4. The van der Waals surface area contributed by atoms with Gasteiger partial charge < -0.3 is 30.0 Å². The maximum absolute atomic E-state index is 10.0. The van der Waals surface area contributed by atoms with Crippen molar-refractivity contribution in [3.05, 3.63) is 36.0 Å². The molecule has 3 aromatic rings. The smallest absolute Gasteiger partial charge is 0.161 e. The molecule has 178 valence electrons. The summed E-state index contributed by atoms with van der Waals surface area (Å²) >= 11 is 0. The normalized spacial score (nSPS) is 17.0. The zero-order valence-electron chi connectivity index (χ0n) is 19.7. The Bertz CT molecular complexity index is 1080. The Labute approximate surface area is 194 Å². The van der Waals surface area contributed by atoms with Crippen molar-refractivity contribution in [2.45, 2.75) is 38.3 Å². The van der Waals surface area contributed by atoms with Crippen LogP contribution in [0.25, 0.3) is 16.9 Å². The predicted molar refractivity (Wildman–Crippen MR) is 127 cm³/mol. The number of nitrogens with one attached hydrogen (secondary N) is 2. The van der Waals surface area contributed by atoms with E-state index in [2.05, 4.69) is 29.6 Å². The first-order valence-corrected chi connectivity index (χ1v) is 11.4. The van der Waals surface area contributed by atoms with Gasteiger partial charge in [-0.05, 0) is 31.5 Å². The fraction of sp³-hybridized carbons (Fsp3) is 0.500. The van der Waals surface area contributed by atoms with Gasteiger partial charge in [-0.25, -0.2) is 4.98 Å². The standard InChI is InChI=1S/C24H33N5O4/c1-15(2)21-12-26-29-23(27-17-5-6-32-13-17)10-22(28-24(21)29)16-7-19(31-4)9-20(8-16)33-14-18(30)11-25-3/h7-10,12,15,17-18,25,27,30H,5-6,11,13-14H2,1-4H3/t17-,18?/m0/s1. The highest BCUT2D eigenvalue weighted by Crippen LogP contribution is 2.32. The van der Waals surface area contributed by atoms with Crippen LogP contribution in [-0.4, -0.2) is 72.4 Å². The zero-order chi connectivity index (χ0) is 23.4. The van der Waals surface area contributed by atoms with Crippen molar-refractivity contribution in [3.63, 3.8) is 0 Å². The van der Waals surface area contributed by atoms with E-state index in [-0.39, 0.29) is 18.6 Å². The SMILES string of the molecule is CNCC(O)COc1cc(OC)cc(-c2cc(N[C@H]3CCOC3)n3ncc(C(C)C)c3n2)c1. The largest absolute Gasteiger partial charge is 0.497 e. The molecule has 1 fully saturated rings. The molecule has 0 radical (unpaired) electrons. The third-order valence-electron chi connectivity index (χ3n) is 5.70. The van der Waals surface area contributed by atoms with Crippen LogP contribution in [0.2, 0.25) is 0 Å². The molecule has 1 aliphatic heterocycles. The molecule has 9 nitrogen and oxygen atoms in total. The molecular weight excluding hydrogens is 422 g/mol. The molecule has 9 heteroatoms. The first-order valence-electron chi connectivity index (χ1n) is 11.4. The number of aliphatic hydroxyl groups excluding tert-OH is 1. The Hall–Kier alpha value is -2.88. The molecule has 2 aromatic heterocycles. The third-order valence-corrected chi connectivity index (χ3v) is 5.70. The topological polar surface area (TPSA) is 102 Å². The third kappa shape index (κ3) is 5.38. The van der Waals surface area contributed by atoms with Gasteiger partial charge >= 0.3 is 0 Å². The van der Waals surface area contributed by atoms with Gasteiger partial charge in [0.15, 0.2) is 5.65 Å². The van der Waals surface area contributed by atoms with Crippen LogP contribution in [-0.2, 0) is 4.74 Å². The molecule has 1 unspecified atom stereocenters. The van der Waals surface area contributed by atoms with E-state index in [9.17, 15) is 5.11 Å². The van der Waals surface area contributed by atoms with Crippen LogP contribution in [0.1, 0.15) is 31.7 Å². The van der Waals surface area contributed by atoms with Crippen molar-refractivity contribution in [1.82, 2.24) is 19.9 Å². The molecule has 0 spiro atoms. The van der Waals surface area contributed by atoms with E-state index in [0.717, 1.165) is 41.3 Å². The zero-order valence-corrected chi connectivity index (χ0v) is 19.7. The molecule has 1 aliphatic rings. The van der Waals surface area contributed by atoms with Gasteiger partial charge in [-0.1, -0.05) is 13.8 Å². The van der Waals surface area contributed by atoms with Gasteiger partial charge in [0.25, 0.3) is 0 Å². The molecule has 0 amide bonds. The number of aliphatic hydroxyl groups is 1. The van der Waals surface area contributed by atoms with Crippen LogP contribution in [0.4, 0.5) is 5.82 Å². The molecule has 3 N–H and O–H groups in total. The highest BCUT2D eigenvalue weighted by Gasteiger charge is 2.20. The van der Waals surface area contributed by atoms with E-state index in [4.69, 9.17) is 19.2 Å². The highest BCUT2D eigenvalue weighted by molar-refractivity contribution is 5.70. The summed E-state index contributed by atoms with van der Waals surface area (Å²) in [5.74, 6) is 2.42. The quantitative estimate of drug-likeness (QED) is 0.429. The molecule has 0 aliphatic carbocycles. The van der Waals surface area contributed by atoms with E-state index in [0.29, 0.717) is 24.7 Å². The lowest BCUT2D eigenvalue weighted by Crippen LogP contribution is -2.29. The second kappa shape index (κ2) is 10.4. The Balaban J connectivity index is 1.74. The predicted octanol–water partition coefficient (Wildman–Crippen LogP) is 2.69. The maximum Gasteiger partial charge on any atom is 0.161 e. The summed E-state index contributed by atoms with van der Waals surface area (Å²) in [6, 6.07) is 7.89. The van der Waals surface area contributed by atoms with Crippen LogP contribution in [0, 0.1) is 0 Å². The molecule has 1 aromatic carbocycles. The minimum Gasteiger partial charge on any atom is -0.497 e. The Morgan fingerprint density at radius 1 is 1.24 bits per heavy atom. The van der Waals surface area contributed by atoms with Gasteiger partial charge in [-0.3, -0.25) is 0 Å². The number of ether oxygens (including phenoxy) is 3. The lowest BCUT2D eigenvalue weighted by Gasteiger charge is -2.16. The summed E-state index contributed by atoms with van der Waals surface area (Å²) in [4.78, 5) is 4.96. The number of fused-ring (bicyclic) bond motifs is 1. The summed E-state index contributed by atoms with van der Waals surface area (Å²) in [6.45, 7) is 6.33. The second-order valence-electron chi connectivity index (χ2n) is 8.64. The summed E-state index contributed by atoms with van der Waals surface area (Å²) < 4.78 is 18.8. The molecule has 0 bridgehead atoms. The number of nitrogens with zero attached hydrogens (tertiary/aromatic N) is 3. The van der Waals surface area contributed by atoms with Crippen molar-refractivity contribution in [3.8, 4) is 22.8 Å². The van der Waals surface area contributed by atoms with E-state index in [1.807, 2.05) is 35.0 Å². The van der Waals surface area contributed by atoms with E-state index in [1.54, 1.807) is 14.2 Å². The van der Waals surface area contributed by atoms with Gasteiger partial charge in [0.1, 0.15) is 30.0 Å². The van der Waals surface area contributed by atoms with Crippen molar-refractivity contribution in [2.75, 3.05) is 45.8 Å². The number of anilines is 1. The summed E-state index contributed by atoms with van der Waals surface area (Å²) in [6.07, 6.45) is 2.23. The monoisotopic (exact) mass is 455 g/mol. The number of benzene rings is 1. The average Bonchev–Trinajstić information content (AvgIpc) is 3.47. The van der Waals surface area contributed by atoms with Crippen LogP contribution in [0.5, 0.6) is 11.5 Å². The van der Waals surface area contributed by atoms with Crippen molar-refractivity contribution >= 4 is 11.5 Å². The van der Waals surface area contributed by atoms with Gasteiger partial charge in [0, 0.05) is 36.4 Å². The number of likely N-dealkylation sites (N-methyl/N-ethyl adjacent to an activating group) is 1. The van der Waals surface area contributed by atoms with Crippen molar-refractivity contribution < 1.29 is 19.3 Å². The first-order chi connectivity index (χ1) is 16.0. The highest BCUT2D eigenvalue weighted by atomic mass is 16.5. The van der Waals surface area contributed by atoms with Crippen LogP contribution in [0.3, 0.4) is 0 Å². The number of hydrogen-bond acceptors (Lipinski definition) is 8. The number of hydrogen-bond donors (Lipinski definition) is 3. The van der Waals surface area contributed by atoms with E-state index in [1.165, 1.54) is 0 Å². The van der Waals surface area contributed by atoms with Gasteiger partial charge in [-0.15, -0.1) is 0 Å². The Morgan fingerprint density at radius 2 is 2.06 bits per heavy atom. The van der Waals surface area contributed by atoms with E-state index >= 15 is 0 Å². The minimum atomic E-state index is -0.607. The van der Waals surface area contributed by atoms with Gasteiger partial charge in [-0.2, -0.15) is 9.61 Å². The molecule has 4 rings (SSSR count). The van der Waals surface area contributed by atoms with E-state index < -0.39 is 6.10 Å². The molecule has 2 atom stereocenters. The molecule has 1 saturated heterocycles. The number of rotatable bonds is 10. The summed E-state index contributed by atoms with van der Waals surface area (Å²) in [5, 5.41) is 21.1. The second-order valence-corrected chi connectivity index (χ2v) is 8.64. The summed E-state index contributed by atoms with van der Waals surface area (Å²) in [7, 11) is 3.41. The molecule has 0 saturated carbocycles. The van der Waals surface area contributed by atoms with Gasteiger partial charge in [0.2, 0.25) is 0 Å². The van der Waals surface area contributed by atoms with Crippen LogP contribution < -0.4 is 20.1 Å². The minimum absolute atomic E-state index is 0.175. The van der Waals surface area contributed by atoms with Crippen molar-refractivity contribution in [1.29, 1.82) is 0 Å². The molecule has 3 heterocycles. The Morgan fingerprint density at radius 3 is 2.76 bits per heavy atom. The van der Waals surface area contributed by atoms with Gasteiger partial charge in [0.05, 0.1) is 31.6 Å². The van der Waals surface area contributed by atoms with Crippen LogP contribution >= 0.6 is 0 Å². The fourth-order valence-electron chi connectivity index (χ4n) is 3.90.